The predicted molar refractivity (Wildman–Crippen MR) is 124 cm³/mol. The summed E-state index contributed by atoms with van der Waals surface area (Å²) in [5, 5.41) is 4.61. The number of fused-ring (bicyclic) bond motifs is 3. The Kier molecular flexibility index (Phi) is 5.04. The summed E-state index contributed by atoms with van der Waals surface area (Å²) in [4.78, 5) is 0. The number of benzene rings is 3. The van der Waals surface area contributed by atoms with E-state index in [-0.39, 0.29) is 0 Å². The molecule has 5 rings (SSSR count). The van der Waals surface area contributed by atoms with Crippen molar-refractivity contribution < 1.29 is 4.74 Å². The molecule has 30 heavy (non-hydrogen) atoms. The van der Waals surface area contributed by atoms with Crippen molar-refractivity contribution in [3.8, 4) is 5.75 Å². The topological polar surface area (TPSA) is 21.3 Å². The lowest BCUT2D eigenvalue weighted by molar-refractivity contribution is 0.306. The van der Waals surface area contributed by atoms with Gasteiger partial charge in [0, 0.05) is 16.6 Å². The minimum absolute atomic E-state index is 0.309. The third kappa shape index (κ3) is 3.61. The molecule has 1 aliphatic heterocycles. The van der Waals surface area contributed by atoms with Gasteiger partial charge < -0.3 is 10.1 Å². The van der Waals surface area contributed by atoms with Gasteiger partial charge >= 0.3 is 0 Å². The summed E-state index contributed by atoms with van der Waals surface area (Å²) < 4.78 is 5.97. The van der Waals surface area contributed by atoms with Gasteiger partial charge in [-0.2, -0.15) is 0 Å². The largest absolute Gasteiger partial charge is 0.489 e. The molecule has 1 heterocycles. The van der Waals surface area contributed by atoms with E-state index in [9.17, 15) is 0 Å². The molecule has 0 radical (unpaired) electrons. The van der Waals surface area contributed by atoms with Gasteiger partial charge in [-0.25, -0.2) is 0 Å². The molecule has 0 spiro atoms. The second-order valence-corrected chi connectivity index (χ2v) is 8.94. The van der Waals surface area contributed by atoms with Gasteiger partial charge in [0.1, 0.15) is 12.4 Å². The van der Waals surface area contributed by atoms with Gasteiger partial charge in [-0.1, -0.05) is 65.7 Å². The van der Waals surface area contributed by atoms with E-state index < -0.39 is 0 Å². The van der Waals surface area contributed by atoms with E-state index in [1.54, 1.807) is 0 Å². The Balaban J connectivity index is 1.36. The number of halogens is 1. The Labute approximate surface area is 183 Å². The van der Waals surface area contributed by atoms with Crippen LogP contribution in [0, 0.1) is 19.8 Å². The van der Waals surface area contributed by atoms with E-state index in [1.165, 1.54) is 27.9 Å². The molecule has 152 valence electrons. The van der Waals surface area contributed by atoms with E-state index in [1.807, 2.05) is 24.3 Å². The van der Waals surface area contributed by atoms with Gasteiger partial charge in [0.05, 0.1) is 6.04 Å². The number of hydrogen-bond acceptors (Lipinski definition) is 2. The van der Waals surface area contributed by atoms with Crippen LogP contribution in [0.15, 0.2) is 72.8 Å². The first-order chi connectivity index (χ1) is 14.6. The first kappa shape index (κ1) is 19.3. The summed E-state index contributed by atoms with van der Waals surface area (Å²) in [6, 6.07) is 21.3. The summed E-state index contributed by atoms with van der Waals surface area (Å²) in [6.07, 6.45) is 5.86. The fraction of sp³-hybridized carbons (Fsp3) is 0.259. The zero-order valence-electron chi connectivity index (χ0n) is 17.4. The first-order valence-electron chi connectivity index (χ1n) is 10.6. The zero-order chi connectivity index (χ0) is 20.7. The molecule has 3 heteroatoms. The minimum atomic E-state index is 0.309. The molecule has 0 aromatic heterocycles. The lowest BCUT2D eigenvalue weighted by atomic mass is 9.76. The van der Waals surface area contributed by atoms with E-state index in [2.05, 4.69) is 67.7 Å². The van der Waals surface area contributed by atoms with E-state index >= 15 is 0 Å². The van der Waals surface area contributed by atoms with Crippen molar-refractivity contribution in [2.45, 2.75) is 38.8 Å². The molecule has 2 unspecified atom stereocenters. The van der Waals surface area contributed by atoms with Crippen molar-refractivity contribution in [1.29, 1.82) is 0 Å². The monoisotopic (exact) mass is 415 g/mol. The van der Waals surface area contributed by atoms with Crippen molar-refractivity contribution in [3.05, 3.63) is 106 Å². The van der Waals surface area contributed by atoms with Crippen LogP contribution in [0.5, 0.6) is 5.75 Å². The summed E-state index contributed by atoms with van der Waals surface area (Å²) in [5.74, 6) is 1.93. The van der Waals surface area contributed by atoms with Crippen LogP contribution in [-0.2, 0) is 6.61 Å². The van der Waals surface area contributed by atoms with Crippen molar-refractivity contribution in [2.24, 2.45) is 5.92 Å². The third-order valence-electron chi connectivity index (χ3n) is 6.37. The minimum Gasteiger partial charge on any atom is -0.489 e. The van der Waals surface area contributed by atoms with Gasteiger partial charge in [-0.05, 0) is 72.7 Å². The second-order valence-electron chi connectivity index (χ2n) is 8.51. The Bertz CT molecular complexity index is 1090. The van der Waals surface area contributed by atoms with Gasteiger partial charge in [0.25, 0.3) is 0 Å². The molecule has 0 saturated heterocycles. The zero-order valence-corrected chi connectivity index (χ0v) is 18.1. The second kappa shape index (κ2) is 7.85. The number of hydrogen-bond donors (Lipinski definition) is 1. The molecule has 2 aliphatic rings. The average molecular weight is 416 g/mol. The molecule has 1 N–H and O–H groups in total. The van der Waals surface area contributed by atoms with Crippen molar-refractivity contribution in [3.63, 3.8) is 0 Å². The molecule has 3 aromatic carbocycles. The predicted octanol–water partition coefficient (Wildman–Crippen LogP) is 7.36. The standard InChI is InChI=1S/C27H26ClNO/c1-17-14-18(2)26-25(15-17)23-4-3-5-24(23)27(29-26)20-8-12-22(13-9-20)30-16-19-6-10-21(28)11-7-19/h3-4,6-15,23-24,27,29H,5,16H2,1-2H3/t23?,24?,27-/m1/s1. The van der Waals surface area contributed by atoms with Gasteiger partial charge in [-0.15, -0.1) is 0 Å². The van der Waals surface area contributed by atoms with E-state index in [4.69, 9.17) is 16.3 Å². The van der Waals surface area contributed by atoms with Crippen LogP contribution in [0.1, 0.15) is 46.2 Å². The van der Waals surface area contributed by atoms with Gasteiger partial charge in [0.2, 0.25) is 0 Å². The third-order valence-corrected chi connectivity index (χ3v) is 6.62. The molecular weight excluding hydrogens is 390 g/mol. The Morgan fingerprint density at radius 2 is 1.77 bits per heavy atom. The highest BCUT2D eigenvalue weighted by Crippen LogP contribution is 2.50. The number of aryl methyl sites for hydroxylation is 2. The molecule has 2 nitrogen and oxygen atoms in total. The van der Waals surface area contributed by atoms with Crippen LogP contribution in [-0.4, -0.2) is 0 Å². The number of anilines is 1. The summed E-state index contributed by atoms with van der Waals surface area (Å²) in [6.45, 7) is 4.94. The molecule has 0 bridgehead atoms. The normalized spacial score (nSPS) is 21.6. The van der Waals surface area contributed by atoms with Crippen molar-refractivity contribution >= 4 is 17.3 Å². The molecule has 1 aliphatic carbocycles. The quantitative estimate of drug-likeness (QED) is 0.449. The van der Waals surface area contributed by atoms with Crippen LogP contribution < -0.4 is 10.1 Å². The fourth-order valence-electron chi connectivity index (χ4n) is 4.92. The van der Waals surface area contributed by atoms with Gasteiger partial charge in [0.15, 0.2) is 0 Å². The van der Waals surface area contributed by atoms with Crippen molar-refractivity contribution in [2.75, 3.05) is 5.32 Å². The molecule has 0 saturated carbocycles. The maximum Gasteiger partial charge on any atom is 0.119 e. The van der Waals surface area contributed by atoms with Crippen LogP contribution >= 0.6 is 11.6 Å². The Morgan fingerprint density at radius 3 is 2.53 bits per heavy atom. The van der Waals surface area contributed by atoms with Crippen molar-refractivity contribution in [1.82, 2.24) is 0 Å². The maximum absolute atomic E-state index is 5.97. The molecule has 0 amide bonds. The summed E-state index contributed by atoms with van der Waals surface area (Å²) in [5.41, 5.74) is 7.86. The molecular formula is C27H26ClNO. The number of nitrogens with one attached hydrogen (secondary N) is 1. The average Bonchev–Trinajstić information content (AvgIpc) is 3.24. The Morgan fingerprint density at radius 1 is 1.00 bits per heavy atom. The van der Waals surface area contributed by atoms with Crippen LogP contribution in [0.2, 0.25) is 5.02 Å². The van der Waals surface area contributed by atoms with Gasteiger partial charge in [-0.3, -0.25) is 0 Å². The number of allylic oxidation sites excluding steroid dienone is 2. The number of rotatable bonds is 4. The van der Waals surface area contributed by atoms with E-state index in [0.29, 0.717) is 24.5 Å². The first-order valence-corrected chi connectivity index (χ1v) is 11.0. The lowest BCUT2D eigenvalue weighted by Gasteiger charge is -2.38. The Hall–Kier alpha value is -2.71. The van der Waals surface area contributed by atoms with E-state index in [0.717, 1.165) is 22.8 Å². The highest BCUT2D eigenvalue weighted by Gasteiger charge is 2.38. The van der Waals surface area contributed by atoms with Crippen LogP contribution in [0.4, 0.5) is 5.69 Å². The SMILES string of the molecule is Cc1cc(C)c2c(c1)C1C=CCC1[C@@H](c1ccc(OCc3ccc(Cl)cc3)cc1)N2. The van der Waals surface area contributed by atoms with Crippen LogP contribution in [0.3, 0.4) is 0 Å². The molecule has 0 fully saturated rings. The highest BCUT2D eigenvalue weighted by atomic mass is 35.5. The maximum atomic E-state index is 5.97. The lowest BCUT2D eigenvalue weighted by Crippen LogP contribution is -2.29. The van der Waals surface area contributed by atoms with Crippen LogP contribution in [0.25, 0.3) is 0 Å². The summed E-state index contributed by atoms with van der Waals surface area (Å²) in [7, 11) is 0. The highest BCUT2D eigenvalue weighted by molar-refractivity contribution is 6.30. The molecule has 3 atom stereocenters. The smallest absolute Gasteiger partial charge is 0.119 e. The number of ether oxygens (including phenoxy) is 1. The fourth-order valence-corrected chi connectivity index (χ4v) is 5.05. The summed E-state index contributed by atoms with van der Waals surface area (Å²) >= 11 is 5.96. The molecule has 3 aromatic rings.